The fourth-order valence-electron chi connectivity index (χ4n) is 1.69. The van der Waals surface area contributed by atoms with Gasteiger partial charge in [0.2, 0.25) is 0 Å². The van der Waals surface area contributed by atoms with Crippen LogP contribution in [-0.4, -0.2) is 33.3 Å². The van der Waals surface area contributed by atoms with E-state index in [-0.39, 0.29) is 11.3 Å². The number of nitrogens with zero attached hydrogens (tertiary/aromatic N) is 2. The second kappa shape index (κ2) is 5.70. The molecule has 0 aromatic carbocycles. The maximum atomic E-state index is 11.9. The Morgan fingerprint density at radius 2 is 2.25 bits per heavy atom. The summed E-state index contributed by atoms with van der Waals surface area (Å²) in [6.45, 7) is 5.30. The van der Waals surface area contributed by atoms with E-state index in [0.29, 0.717) is 5.75 Å². The van der Waals surface area contributed by atoms with E-state index in [0.717, 1.165) is 5.69 Å². The Hall–Kier alpha value is -1.76. The fourth-order valence-corrected chi connectivity index (χ4v) is 2.75. The smallest absolute Gasteiger partial charge is 0.426 e. The summed E-state index contributed by atoms with van der Waals surface area (Å²) in [5, 5.41) is 0.956. The van der Waals surface area contributed by atoms with E-state index in [1.54, 1.807) is 33.0 Å². The van der Waals surface area contributed by atoms with E-state index in [1.807, 2.05) is 12.1 Å². The minimum atomic E-state index is -0.644. The fraction of sp³-hybridized carbons (Fsp3) is 0.462. The molecule has 2 rings (SSSR count). The Balaban J connectivity index is 2.08. The molecule has 7 heteroatoms. The van der Waals surface area contributed by atoms with E-state index < -0.39 is 11.7 Å². The van der Waals surface area contributed by atoms with E-state index in [4.69, 9.17) is 4.74 Å². The van der Waals surface area contributed by atoms with Crippen LogP contribution in [-0.2, 0) is 9.53 Å². The Labute approximate surface area is 121 Å². The molecule has 1 saturated heterocycles. The number of hydrogen-bond acceptors (Lipinski definition) is 5. The minimum Gasteiger partial charge on any atom is -0.443 e. The number of amides is 2. The zero-order valence-electron chi connectivity index (χ0n) is 11.6. The van der Waals surface area contributed by atoms with E-state index in [1.165, 1.54) is 16.8 Å². The van der Waals surface area contributed by atoms with Crippen LogP contribution in [0.3, 0.4) is 0 Å². The van der Waals surface area contributed by atoms with Crippen LogP contribution in [0.1, 0.15) is 31.8 Å². The van der Waals surface area contributed by atoms with E-state index >= 15 is 0 Å². The van der Waals surface area contributed by atoms with Crippen LogP contribution in [0.15, 0.2) is 24.4 Å². The summed E-state index contributed by atoms with van der Waals surface area (Å²) in [5.74, 6) is 0.133. The molecule has 1 aromatic rings. The molecule has 0 saturated carbocycles. The first-order valence-electron chi connectivity index (χ1n) is 6.21. The lowest BCUT2D eigenvalue weighted by atomic mass is 10.2. The van der Waals surface area contributed by atoms with Crippen LogP contribution < -0.4 is 5.43 Å². The van der Waals surface area contributed by atoms with Crippen LogP contribution in [0.4, 0.5) is 4.79 Å². The zero-order valence-corrected chi connectivity index (χ0v) is 12.4. The number of ether oxygens (including phenoxy) is 1. The van der Waals surface area contributed by atoms with Crippen molar-refractivity contribution in [1.82, 2.24) is 15.4 Å². The first-order valence-corrected chi connectivity index (χ1v) is 7.26. The van der Waals surface area contributed by atoms with Gasteiger partial charge < -0.3 is 4.74 Å². The van der Waals surface area contributed by atoms with Crippen molar-refractivity contribution in [3.05, 3.63) is 30.1 Å². The van der Waals surface area contributed by atoms with Gasteiger partial charge in [-0.3, -0.25) is 9.78 Å². The summed E-state index contributed by atoms with van der Waals surface area (Å²) in [5.41, 5.74) is 2.61. The minimum absolute atomic E-state index is 0.170. The van der Waals surface area contributed by atoms with Crippen LogP contribution in [0, 0.1) is 0 Å². The van der Waals surface area contributed by atoms with Gasteiger partial charge in [0.15, 0.2) is 0 Å². The van der Waals surface area contributed by atoms with Gasteiger partial charge in [-0.05, 0) is 32.9 Å². The normalized spacial score (nSPS) is 19.1. The lowest BCUT2D eigenvalue weighted by Gasteiger charge is -2.26. The molecule has 1 fully saturated rings. The number of hydrogen-bond donors (Lipinski definition) is 1. The van der Waals surface area contributed by atoms with Crippen molar-refractivity contribution >= 4 is 23.8 Å². The molecule has 0 bridgehead atoms. The topological polar surface area (TPSA) is 71.5 Å². The molecule has 1 N–H and O–H groups in total. The number of aromatic nitrogens is 1. The molecular weight excluding hydrogens is 278 g/mol. The van der Waals surface area contributed by atoms with Crippen molar-refractivity contribution in [2.75, 3.05) is 5.75 Å². The number of thioether (sulfide) groups is 1. The average molecular weight is 295 g/mol. The van der Waals surface area contributed by atoms with Crippen LogP contribution in [0.2, 0.25) is 0 Å². The first kappa shape index (κ1) is 14.6. The highest BCUT2D eigenvalue weighted by molar-refractivity contribution is 8.00. The number of carbonyl (C=O) groups is 2. The predicted octanol–water partition coefficient (Wildman–Crippen LogP) is 2.10. The van der Waals surface area contributed by atoms with Crippen LogP contribution in [0.25, 0.3) is 0 Å². The van der Waals surface area contributed by atoms with Crippen molar-refractivity contribution in [3.8, 4) is 0 Å². The highest BCUT2D eigenvalue weighted by Gasteiger charge is 2.36. The number of rotatable bonds is 2. The number of hydrazine groups is 1. The summed E-state index contributed by atoms with van der Waals surface area (Å²) >= 11 is 1.42. The van der Waals surface area contributed by atoms with Crippen LogP contribution in [0.5, 0.6) is 0 Å². The van der Waals surface area contributed by atoms with Crippen molar-refractivity contribution < 1.29 is 14.3 Å². The highest BCUT2D eigenvalue weighted by Crippen LogP contribution is 2.36. The SMILES string of the molecule is CC(C)(C)OC(=O)NN1C(=O)CSC1c1ccccn1. The highest BCUT2D eigenvalue weighted by atomic mass is 32.2. The van der Waals surface area contributed by atoms with Gasteiger partial charge in [-0.1, -0.05) is 6.07 Å². The average Bonchev–Trinajstić information content (AvgIpc) is 2.70. The molecule has 1 atom stereocenters. The molecule has 0 spiro atoms. The third kappa shape index (κ3) is 3.63. The molecule has 2 heterocycles. The summed E-state index contributed by atoms with van der Waals surface area (Å²) in [4.78, 5) is 27.9. The molecule has 1 unspecified atom stereocenters. The van der Waals surface area contributed by atoms with Gasteiger partial charge in [0.25, 0.3) is 5.91 Å². The summed E-state index contributed by atoms with van der Waals surface area (Å²) in [6, 6.07) is 5.47. The molecule has 1 aliphatic rings. The lowest BCUT2D eigenvalue weighted by molar-refractivity contribution is -0.131. The number of pyridine rings is 1. The Morgan fingerprint density at radius 1 is 1.50 bits per heavy atom. The quantitative estimate of drug-likeness (QED) is 0.904. The Kier molecular flexibility index (Phi) is 4.17. The monoisotopic (exact) mass is 295 g/mol. The number of carbonyl (C=O) groups excluding carboxylic acids is 2. The predicted molar refractivity (Wildman–Crippen MR) is 75.7 cm³/mol. The molecule has 6 nitrogen and oxygen atoms in total. The van der Waals surface area contributed by atoms with Crippen molar-refractivity contribution in [3.63, 3.8) is 0 Å². The maximum Gasteiger partial charge on any atom is 0.426 e. The van der Waals surface area contributed by atoms with Crippen molar-refractivity contribution in [2.24, 2.45) is 0 Å². The molecule has 2 amide bonds. The first-order chi connectivity index (χ1) is 9.37. The van der Waals surface area contributed by atoms with Crippen molar-refractivity contribution in [2.45, 2.75) is 31.7 Å². The van der Waals surface area contributed by atoms with Crippen molar-refractivity contribution in [1.29, 1.82) is 0 Å². The summed E-state index contributed by atoms with van der Waals surface area (Å²) in [7, 11) is 0. The second-order valence-corrected chi connectivity index (χ2v) is 6.36. The standard InChI is InChI=1S/C13H17N3O3S/c1-13(2,3)19-12(18)15-16-10(17)8-20-11(16)9-6-4-5-7-14-9/h4-7,11H,8H2,1-3H3,(H,15,18). The summed E-state index contributed by atoms with van der Waals surface area (Å²) in [6.07, 6.45) is 1.01. The molecule has 108 valence electrons. The van der Waals surface area contributed by atoms with Gasteiger partial charge in [-0.25, -0.2) is 15.2 Å². The number of nitrogens with one attached hydrogen (secondary N) is 1. The molecule has 20 heavy (non-hydrogen) atoms. The largest absolute Gasteiger partial charge is 0.443 e. The third-order valence-corrected chi connectivity index (χ3v) is 3.60. The van der Waals surface area contributed by atoms with Gasteiger partial charge in [-0.2, -0.15) is 0 Å². The van der Waals surface area contributed by atoms with Crippen LogP contribution >= 0.6 is 11.8 Å². The van der Waals surface area contributed by atoms with Gasteiger partial charge >= 0.3 is 6.09 Å². The van der Waals surface area contributed by atoms with Gasteiger partial charge in [0.05, 0.1) is 11.4 Å². The molecule has 1 aromatic heterocycles. The lowest BCUT2D eigenvalue weighted by Crippen LogP contribution is -2.46. The summed E-state index contributed by atoms with van der Waals surface area (Å²) < 4.78 is 5.16. The van der Waals surface area contributed by atoms with Gasteiger partial charge in [-0.15, -0.1) is 11.8 Å². The third-order valence-electron chi connectivity index (χ3n) is 2.42. The van der Waals surface area contributed by atoms with Gasteiger partial charge in [0, 0.05) is 6.20 Å². The molecule has 0 radical (unpaired) electrons. The molecule has 1 aliphatic heterocycles. The maximum absolute atomic E-state index is 11.9. The van der Waals surface area contributed by atoms with E-state index in [9.17, 15) is 9.59 Å². The Morgan fingerprint density at radius 3 is 2.85 bits per heavy atom. The molecular formula is C13H17N3O3S. The molecule has 0 aliphatic carbocycles. The van der Waals surface area contributed by atoms with E-state index in [2.05, 4.69) is 10.4 Å². The van der Waals surface area contributed by atoms with Gasteiger partial charge in [0.1, 0.15) is 11.0 Å². The Bertz CT molecular complexity index is 501. The zero-order chi connectivity index (χ0) is 14.8. The second-order valence-electron chi connectivity index (χ2n) is 5.30.